The molecule has 1 aliphatic heterocycles. The van der Waals surface area contributed by atoms with Crippen molar-refractivity contribution in [3.05, 3.63) is 41.4 Å². The molecule has 15 heavy (non-hydrogen) atoms. The van der Waals surface area contributed by atoms with Crippen molar-refractivity contribution in [3.63, 3.8) is 0 Å². The van der Waals surface area contributed by atoms with Gasteiger partial charge in [-0.25, -0.2) is 4.98 Å². The Morgan fingerprint density at radius 2 is 2.33 bits per heavy atom. The van der Waals surface area contributed by atoms with Crippen LogP contribution in [0.3, 0.4) is 0 Å². The van der Waals surface area contributed by atoms with Crippen molar-refractivity contribution in [1.82, 2.24) is 9.55 Å². The Labute approximate surface area is 92.7 Å². The summed E-state index contributed by atoms with van der Waals surface area (Å²) in [7, 11) is 0. The largest absolute Gasteiger partial charge is 0.374 e. The predicted molar refractivity (Wildman–Crippen MR) is 60.6 cm³/mol. The lowest BCUT2D eigenvalue weighted by Crippen LogP contribution is -2.18. The topological polar surface area (TPSA) is 29.9 Å². The van der Waals surface area contributed by atoms with Crippen molar-refractivity contribution >= 4 is 17.3 Å². The molecule has 3 rings (SSSR count). The minimum Gasteiger partial charge on any atom is -0.374 e. The normalized spacial score (nSPS) is 17.9. The van der Waals surface area contributed by atoms with E-state index >= 15 is 0 Å². The first-order valence-corrected chi connectivity index (χ1v) is 5.23. The molecule has 0 aliphatic carbocycles. The quantitative estimate of drug-likeness (QED) is 0.738. The van der Waals surface area contributed by atoms with Gasteiger partial charge in [-0.1, -0.05) is 17.7 Å². The first-order valence-electron chi connectivity index (χ1n) is 4.85. The van der Waals surface area contributed by atoms with Gasteiger partial charge in [0.2, 0.25) is 0 Å². The van der Waals surface area contributed by atoms with E-state index in [0.29, 0.717) is 0 Å². The summed E-state index contributed by atoms with van der Waals surface area (Å²) in [6.07, 6.45) is 3.70. The Hall–Kier alpha value is -1.48. The number of para-hydroxylation sites is 1. The molecule has 1 aromatic heterocycles. The first kappa shape index (κ1) is 8.80. The summed E-state index contributed by atoms with van der Waals surface area (Å²) < 4.78 is 2.07. The second-order valence-electron chi connectivity index (χ2n) is 3.69. The van der Waals surface area contributed by atoms with Crippen LogP contribution in [0.2, 0.25) is 5.02 Å². The number of rotatable bonds is 0. The molecule has 1 aliphatic rings. The Bertz CT molecular complexity index is 518. The highest BCUT2D eigenvalue weighted by Crippen LogP contribution is 2.37. The van der Waals surface area contributed by atoms with Crippen molar-refractivity contribution in [1.29, 1.82) is 0 Å². The molecule has 0 spiro atoms. The molecule has 0 amide bonds. The van der Waals surface area contributed by atoms with Gasteiger partial charge in [-0.2, -0.15) is 0 Å². The van der Waals surface area contributed by atoms with E-state index in [1.165, 1.54) is 0 Å². The fraction of sp³-hybridized carbons (Fsp3) is 0.182. The number of halogens is 1. The molecule has 4 heteroatoms. The lowest BCUT2D eigenvalue weighted by Gasteiger charge is -2.26. The smallest absolute Gasteiger partial charge is 0.0995 e. The second kappa shape index (κ2) is 3.00. The third-order valence-corrected chi connectivity index (χ3v) is 3.04. The summed E-state index contributed by atoms with van der Waals surface area (Å²) in [5, 5.41) is 4.13. The van der Waals surface area contributed by atoms with Crippen molar-refractivity contribution in [2.45, 2.75) is 13.0 Å². The van der Waals surface area contributed by atoms with E-state index in [4.69, 9.17) is 11.6 Å². The van der Waals surface area contributed by atoms with E-state index in [-0.39, 0.29) is 6.04 Å². The molecule has 0 saturated heterocycles. The number of imidazole rings is 1. The van der Waals surface area contributed by atoms with E-state index in [1.54, 1.807) is 0 Å². The maximum Gasteiger partial charge on any atom is 0.0995 e. The van der Waals surface area contributed by atoms with Crippen LogP contribution in [-0.4, -0.2) is 9.55 Å². The van der Waals surface area contributed by atoms with E-state index in [1.807, 2.05) is 30.7 Å². The van der Waals surface area contributed by atoms with E-state index < -0.39 is 0 Å². The summed E-state index contributed by atoms with van der Waals surface area (Å²) >= 11 is 6.14. The van der Waals surface area contributed by atoms with Crippen LogP contribution >= 0.6 is 11.6 Å². The SMILES string of the molecule is C[C@@H]1Nc2c(Cl)cccc2-n2cncc21. The van der Waals surface area contributed by atoms with Gasteiger partial charge in [-0.3, -0.25) is 4.57 Å². The molecule has 0 radical (unpaired) electrons. The van der Waals surface area contributed by atoms with Crippen LogP contribution in [0, 0.1) is 0 Å². The fourth-order valence-corrected chi connectivity index (χ4v) is 2.20. The van der Waals surface area contributed by atoms with Gasteiger partial charge in [0.05, 0.1) is 40.7 Å². The summed E-state index contributed by atoms with van der Waals surface area (Å²) in [4.78, 5) is 4.16. The summed E-state index contributed by atoms with van der Waals surface area (Å²) in [5.74, 6) is 0. The molecule has 0 fully saturated rings. The van der Waals surface area contributed by atoms with Gasteiger partial charge in [0, 0.05) is 0 Å². The molecule has 0 bridgehead atoms. The van der Waals surface area contributed by atoms with Gasteiger partial charge in [0.25, 0.3) is 0 Å². The standard InChI is InChI=1S/C11H10ClN3/c1-7-10-5-13-6-15(10)9-4-2-3-8(12)11(9)14-7/h2-7,14H,1H3/t7-/m0/s1. The van der Waals surface area contributed by atoms with Crippen molar-refractivity contribution in [3.8, 4) is 5.69 Å². The van der Waals surface area contributed by atoms with Gasteiger partial charge in [-0.15, -0.1) is 0 Å². The Balaban J connectivity index is 2.31. The molecule has 2 aromatic rings. The van der Waals surface area contributed by atoms with Gasteiger partial charge in [0.15, 0.2) is 0 Å². The van der Waals surface area contributed by atoms with Gasteiger partial charge in [-0.05, 0) is 19.1 Å². The number of hydrogen-bond acceptors (Lipinski definition) is 2. The van der Waals surface area contributed by atoms with Crippen LogP contribution in [0.5, 0.6) is 0 Å². The van der Waals surface area contributed by atoms with Crippen LogP contribution in [0.1, 0.15) is 18.7 Å². The first-order chi connectivity index (χ1) is 7.27. The third-order valence-electron chi connectivity index (χ3n) is 2.72. The molecule has 76 valence electrons. The van der Waals surface area contributed by atoms with Crippen molar-refractivity contribution in [2.75, 3.05) is 5.32 Å². The van der Waals surface area contributed by atoms with Gasteiger partial charge >= 0.3 is 0 Å². The Morgan fingerprint density at radius 1 is 1.47 bits per heavy atom. The molecule has 1 aromatic carbocycles. The number of aromatic nitrogens is 2. The minimum atomic E-state index is 0.236. The minimum absolute atomic E-state index is 0.236. The lowest BCUT2D eigenvalue weighted by atomic mass is 10.1. The zero-order valence-electron chi connectivity index (χ0n) is 8.24. The molecule has 1 N–H and O–H groups in total. The van der Waals surface area contributed by atoms with Gasteiger partial charge < -0.3 is 5.32 Å². The highest BCUT2D eigenvalue weighted by atomic mass is 35.5. The molecule has 1 atom stereocenters. The maximum absolute atomic E-state index is 6.14. The highest BCUT2D eigenvalue weighted by Gasteiger charge is 2.22. The molecular formula is C11H10ClN3. The van der Waals surface area contributed by atoms with Crippen molar-refractivity contribution in [2.24, 2.45) is 0 Å². The third kappa shape index (κ3) is 1.16. The summed E-state index contributed by atoms with van der Waals surface area (Å²) in [6.45, 7) is 2.10. The monoisotopic (exact) mass is 219 g/mol. The van der Waals surface area contributed by atoms with E-state index in [2.05, 4.69) is 21.8 Å². The second-order valence-corrected chi connectivity index (χ2v) is 4.10. The molecular weight excluding hydrogens is 210 g/mol. The molecule has 0 unspecified atom stereocenters. The molecule has 3 nitrogen and oxygen atoms in total. The van der Waals surface area contributed by atoms with Crippen LogP contribution in [0.4, 0.5) is 5.69 Å². The maximum atomic E-state index is 6.14. The highest BCUT2D eigenvalue weighted by molar-refractivity contribution is 6.33. The predicted octanol–water partition coefficient (Wildman–Crippen LogP) is 3.01. The van der Waals surface area contributed by atoms with Crippen LogP contribution in [0.25, 0.3) is 5.69 Å². The van der Waals surface area contributed by atoms with Gasteiger partial charge in [0.1, 0.15) is 0 Å². The van der Waals surface area contributed by atoms with E-state index in [9.17, 15) is 0 Å². The van der Waals surface area contributed by atoms with E-state index in [0.717, 1.165) is 22.1 Å². The number of hydrogen-bond donors (Lipinski definition) is 1. The lowest BCUT2D eigenvalue weighted by molar-refractivity contribution is 0.774. The number of anilines is 1. The summed E-state index contributed by atoms with van der Waals surface area (Å²) in [6, 6.07) is 6.11. The Kier molecular flexibility index (Phi) is 1.76. The number of benzene rings is 1. The zero-order valence-corrected chi connectivity index (χ0v) is 8.99. The molecule has 2 heterocycles. The number of fused-ring (bicyclic) bond motifs is 3. The number of nitrogens with one attached hydrogen (secondary N) is 1. The average Bonchev–Trinajstić information content (AvgIpc) is 2.69. The average molecular weight is 220 g/mol. The number of nitrogens with zero attached hydrogens (tertiary/aromatic N) is 2. The fourth-order valence-electron chi connectivity index (χ4n) is 1.97. The molecule has 0 saturated carbocycles. The van der Waals surface area contributed by atoms with Crippen LogP contribution in [-0.2, 0) is 0 Å². The van der Waals surface area contributed by atoms with Crippen LogP contribution in [0.15, 0.2) is 30.7 Å². The summed E-state index contributed by atoms with van der Waals surface area (Å²) in [5.41, 5.74) is 3.20. The Morgan fingerprint density at radius 3 is 3.20 bits per heavy atom. The van der Waals surface area contributed by atoms with Crippen molar-refractivity contribution < 1.29 is 0 Å². The zero-order chi connectivity index (χ0) is 10.4. The van der Waals surface area contributed by atoms with Crippen LogP contribution < -0.4 is 5.32 Å².